The van der Waals surface area contributed by atoms with Crippen LogP contribution in [-0.4, -0.2) is 35.6 Å². The van der Waals surface area contributed by atoms with Crippen LogP contribution in [0.4, 0.5) is 0 Å². The predicted molar refractivity (Wildman–Crippen MR) is 66.9 cm³/mol. The average Bonchev–Trinajstić information content (AvgIpc) is 2.47. The Bertz CT molecular complexity index is 267. The lowest BCUT2D eigenvalue weighted by Gasteiger charge is -2.35. The molecular weight excluding hydrogens is 216 g/mol. The van der Waals surface area contributed by atoms with Crippen molar-refractivity contribution in [1.29, 1.82) is 0 Å². The van der Waals surface area contributed by atoms with Gasteiger partial charge in [-0.1, -0.05) is 0 Å². The fourth-order valence-electron chi connectivity index (χ4n) is 3.50. The van der Waals surface area contributed by atoms with Crippen molar-refractivity contribution >= 4 is 0 Å². The van der Waals surface area contributed by atoms with E-state index in [9.17, 15) is 5.11 Å². The molecule has 1 N–H and O–H groups in total. The monoisotopic (exact) mass is 242 g/mol. The van der Waals surface area contributed by atoms with Crippen molar-refractivity contribution in [2.75, 3.05) is 13.2 Å². The molecule has 0 aromatic rings. The van der Waals surface area contributed by atoms with Crippen LogP contribution >= 0.6 is 0 Å². The van der Waals surface area contributed by atoms with Crippen molar-refractivity contribution < 1.29 is 14.6 Å². The molecule has 2 heterocycles. The summed E-state index contributed by atoms with van der Waals surface area (Å²) in [5.74, 6) is 0.495. The molecule has 0 radical (unpaired) electrons. The zero-order chi connectivity index (χ0) is 12.7. The highest BCUT2D eigenvalue weighted by molar-refractivity contribution is 4.99. The van der Waals surface area contributed by atoms with Gasteiger partial charge >= 0.3 is 0 Å². The third kappa shape index (κ3) is 2.83. The Morgan fingerprint density at radius 3 is 2.41 bits per heavy atom. The minimum Gasteiger partial charge on any atom is -0.392 e. The molecule has 3 heteroatoms. The Hall–Kier alpha value is -0.120. The lowest BCUT2D eigenvalue weighted by molar-refractivity contribution is -0.103. The SMILES string of the molecule is CC1(C)CC(C(O)C2CCCOC2)C(C)(C)O1. The highest BCUT2D eigenvalue weighted by Crippen LogP contribution is 2.45. The van der Waals surface area contributed by atoms with E-state index in [1.807, 2.05) is 0 Å². The second-order valence-electron chi connectivity index (χ2n) is 6.74. The first kappa shape index (κ1) is 13.3. The molecular formula is C14H26O3. The predicted octanol–water partition coefficient (Wildman–Crippen LogP) is 2.37. The molecule has 2 saturated heterocycles. The number of aliphatic hydroxyl groups excluding tert-OH is 1. The number of hydrogen-bond donors (Lipinski definition) is 1. The lowest BCUT2D eigenvalue weighted by Crippen LogP contribution is -2.42. The van der Waals surface area contributed by atoms with E-state index in [1.54, 1.807) is 0 Å². The van der Waals surface area contributed by atoms with Gasteiger partial charge in [-0.25, -0.2) is 0 Å². The maximum absolute atomic E-state index is 10.6. The van der Waals surface area contributed by atoms with Gasteiger partial charge in [0.1, 0.15) is 0 Å². The highest BCUT2D eigenvalue weighted by atomic mass is 16.5. The van der Waals surface area contributed by atoms with E-state index < -0.39 is 0 Å². The maximum atomic E-state index is 10.6. The second kappa shape index (κ2) is 4.52. The van der Waals surface area contributed by atoms with E-state index in [1.165, 1.54) is 0 Å². The lowest BCUT2D eigenvalue weighted by atomic mass is 9.77. The van der Waals surface area contributed by atoms with Crippen LogP contribution < -0.4 is 0 Å². The molecule has 0 spiro atoms. The topological polar surface area (TPSA) is 38.7 Å². The van der Waals surface area contributed by atoms with Gasteiger partial charge in [0.2, 0.25) is 0 Å². The number of aliphatic hydroxyl groups is 1. The molecule has 0 aliphatic carbocycles. The van der Waals surface area contributed by atoms with Gasteiger partial charge < -0.3 is 14.6 Å². The first-order chi connectivity index (χ1) is 7.82. The molecule has 17 heavy (non-hydrogen) atoms. The normalized spacial score (nSPS) is 37.9. The van der Waals surface area contributed by atoms with E-state index in [0.29, 0.717) is 6.61 Å². The van der Waals surface area contributed by atoms with Crippen LogP contribution in [0.5, 0.6) is 0 Å². The smallest absolute Gasteiger partial charge is 0.0687 e. The van der Waals surface area contributed by atoms with Crippen LogP contribution in [0, 0.1) is 11.8 Å². The number of ether oxygens (including phenoxy) is 2. The summed E-state index contributed by atoms with van der Waals surface area (Å²) in [7, 11) is 0. The Morgan fingerprint density at radius 1 is 1.24 bits per heavy atom. The van der Waals surface area contributed by atoms with Gasteiger partial charge in [-0.15, -0.1) is 0 Å². The molecule has 2 aliphatic rings. The third-order valence-electron chi connectivity index (χ3n) is 4.23. The molecule has 0 bridgehead atoms. The first-order valence-corrected chi connectivity index (χ1v) is 6.78. The number of hydrogen-bond acceptors (Lipinski definition) is 3. The third-order valence-corrected chi connectivity index (χ3v) is 4.23. The van der Waals surface area contributed by atoms with Gasteiger partial charge in [0.25, 0.3) is 0 Å². The summed E-state index contributed by atoms with van der Waals surface area (Å²) in [6.45, 7) is 9.96. The van der Waals surface area contributed by atoms with Crippen molar-refractivity contribution in [1.82, 2.24) is 0 Å². The van der Waals surface area contributed by atoms with Crippen LogP contribution in [0.25, 0.3) is 0 Å². The Balaban J connectivity index is 2.05. The molecule has 0 aromatic heterocycles. The molecule has 2 fully saturated rings. The van der Waals surface area contributed by atoms with Crippen LogP contribution in [-0.2, 0) is 9.47 Å². The number of rotatable bonds is 2. The van der Waals surface area contributed by atoms with Crippen molar-refractivity contribution in [3.63, 3.8) is 0 Å². The van der Waals surface area contributed by atoms with Crippen molar-refractivity contribution in [2.24, 2.45) is 11.8 Å². The van der Waals surface area contributed by atoms with E-state index in [0.717, 1.165) is 25.9 Å². The Labute approximate surface area is 104 Å². The molecule has 3 unspecified atom stereocenters. The molecule has 2 rings (SSSR count). The summed E-state index contributed by atoms with van der Waals surface area (Å²) >= 11 is 0. The average molecular weight is 242 g/mol. The summed E-state index contributed by atoms with van der Waals surface area (Å²) in [5, 5.41) is 10.6. The van der Waals surface area contributed by atoms with Gasteiger partial charge in [0.05, 0.1) is 23.9 Å². The van der Waals surface area contributed by atoms with Crippen LogP contribution in [0.1, 0.15) is 47.0 Å². The fraction of sp³-hybridized carbons (Fsp3) is 1.00. The summed E-state index contributed by atoms with van der Waals surface area (Å²) < 4.78 is 11.5. The molecule has 0 saturated carbocycles. The standard InChI is InChI=1S/C14H26O3/c1-13(2)8-11(14(3,4)17-13)12(15)10-6-5-7-16-9-10/h10-12,15H,5-9H2,1-4H3. The highest BCUT2D eigenvalue weighted by Gasteiger charge is 2.50. The molecule has 2 aliphatic heterocycles. The van der Waals surface area contributed by atoms with Crippen LogP contribution in [0.2, 0.25) is 0 Å². The zero-order valence-corrected chi connectivity index (χ0v) is 11.5. The van der Waals surface area contributed by atoms with Crippen LogP contribution in [0.3, 0.4) is 0 Å². The summed E-state index contributed by atoms with van der Waals surface area (Å²) in [6.07, 6.45) is 2.78. The Morgan fingerprint density at radius 2 is 1.94 bits per heavy atom. The summed E-state index contributed by atoms with van der Waals surface area (Å²) in [4.78, 5) is 0. The molecule has 0 amide bonds. The summed E-state index contributed by atoms with van der Waals surface area (Å²) in [5.41, 5.74) is -0.356. The largest absolute Gasteiger partial charge is 0.392 e. The quantitative estimate of drug-likeness (QED) is 0.808. The molecule has 100 valence electrons. The first-order valence-electron chi connectivity index (χ1n) is 6.78. The van der Waals surface area contributed by atoms with E-state index in [2.05, 4.69) is 27.7 Å². The van der Waals surface area contributed by atoms with Gasteiger partial charge in [-0.3, -0.25) is 0 Å². The van der Waals surface area contributed by atoms with E-state index in [4.69, 9.17) is 9.47 Å². The maximum Gasteiger partial charge on any atom is 0.0687 e. The van der Waals surface area contributed by atoms with E-state index in [-0.39, 0.29) is 29.1 Å². The van der Waals surface area contributed by atoms with Crippen molar-refractivity contribution in [3.8, 4) is 0 Å². The molecule has 3 nitrogen and oxygen atoms in total. The minimum absolute atomic E-state index is 0.120. The minimum atomic E-state index is -0.299. The van der Waals surface area contributed by atoms with Gasteiger partial charge in [0.15, 0.2) is 0 Å². The Kier molecular flexibility index (Phi) is 3.54. The van der Waals surface area contributed by atoms with Crippen molar-refractivity contribution in [2.45, 2.75) is 64.3 Å². The summed E-state index contributed by atoms with van der Waals surface area (Å²) in [6, 6.07) is 0. The van der Waals surface area contributed by atoms with Crippen LogP contribution in [0.15, 0.2) is 0 Å². The second-order valence-corrected chi connectivity index (χ2v) is 6.74. The van der Waals surface area contributed by atoms with Gasteiger partial charge in [-0.2, -0.15) is 0 Å². The van der Waals surface area contributed by atoms with E-state index >= 15 is 0 Å². The molecule has 3 atom stereocenters. The zero-order valence-electron chi connectivity index (χ0n) is 11.5. The molecule has 0 aromatic carbocycles. The fourth-order valence-corrected chi connectivity index (χ4v) is 3.50. The van der Waals surface area contributed by atoms with Crippen molar-refractivity contribution in [3.05, 3.63) is 0 Å². The van der Waals surface area contributed by atoms with Gasteiger partial charge in [0, 0.05) is 18.4 Å². The van der Waals surface area contributed by atoms with Gasteiger partial charge in [-0.05, 0) is 47.0 Å².